The van der Waals surface area contributed by atoms with Crippen LogP contribution in [0.25, 0.3) is 0 Å². The smallest absolute Gasteiger partial charge is 0.415 e. The molecule has 1 aliphatic rings. The molecule has 0 bridgehead atoms. The van der Waals surface area contributed by atoms with E-state index in [1.807, 2.05) is 0 Å². The number of amides is 1. The number of carbonyl (C=O) groups excluding carboxylic acids is 2. The molecule has 2 atom stereocenters. The van der Waals surface area contributed by atoms with Gasteiger partial charge in [0.15, 0.2) is 0 Å². The van der Waals surface area contributed by atoms with Gasteiger partial charge < -0.3 is 14.6 Å². The molecule has 0 aromatic carbocycles. The first-order valence-electron chi connectivity index (χ1n) is 7.43. The van der Waals surface area contributed by atoms with E-state index in [-0.39, 0.29) is 6.42 Å². The number of nitrogens with zero attached hydrogens (tertiary/aromatic N) is 1. The minimum Gasteiger partial charge on any atom is -0.458 e. The lowest BCUT2D eigenvalue weighted by Crippen LogP contribution is -2.44. The summed E-state index contributed by atoms with van der Waals surface area (Å²) in [7, 11) is 0. The molecule has 22 heavy (non-hydrogen) atoms. The lowest BCUT2D eigenvalue weighted by molar-refractivity contribution is -0.159. The van der Waals surface area contributed by atoms with E-state index in [0.29, 0.717) is 5.57 Å². The first-order chi connectivity index (χ1) is 9.80. The minimum absolute atomic E-state index is 0.242. The van der Waals surface area contributed by atoms with Crippen LogP contribution in [0.15, 0.2) is 11.8 Å². The first-order valence-corrected chi connectivity index (χ1v) is 7.43. The molecule has 1 aliphatic heterocycles. The molecule has 126 valence electrons. The third-order valence-electron chi connectivity index (χ3n) is 2.89. The van der Waals surface area contributed by atoms with Crippen molar-refractivity contribution < 1.29 is 24.2 Å². The van der Waals surface area contributed by atoms with Gasteiger partial charge in [0.2, 0.25) is 0 Å². The van der Waals surface area contributed by atoms with E-state index in [2.05, 4.69) is 0 Å². The van der Waals surface area contributed by atoms with Gasteiger partial charge in [-0.25, -0.2) is 9.59 Å². The monoisotopic (exact) mass is 313 g/mol. The van der Waals surface area contributed by atoms with Gasteiger partial charge in [-0.15, -0.1) is 0 Å². The first kappa shape index (κ1) is 18.5. The summed E-state index contributed by atoms with van der Waals surface area (Å²) in [6, 6.07) is -0.807. The van der Waals surface area contributed by atoms with E-state index in [1.165, 1.54) is 11.1 Å². The van der Waals surface area contributed by atoms with Crippen LogP contribution in [0.4, 0.5) is 4.79 Å². The average Bonchev–Trinajstić information content (AvgIpc) is 2.68. The zero-order valence-electron chi connectivity index (χ0n) is 14.5. The van der Waals surface area contributed by atoms with E-state index in [4.69, 9.17) is 9.47 Å². The Hall–Kier alpha value is -1.56. The largest absolute Gasteiger partial charge is 0.458 e. The van der Waals surface area contributed by atoms with Crippen molar-refractivity contribution in [3.05, 3.63) is 11.8 Å². The lowest BCUT2D eigenvalue weighted by Gasteiger charge is -2.29. The van der Waals surface area contributed by atoms with E-state index >= 15 is 0 Å². The number of carbonyl (C=O) groups is 2. The highest BCUT2D eigenvalue weighted by Crippen LogP contribution is 2.28. The minimum atomic E-state index is -0.807. The highest BCUT2D eigenvalue weighted by atomic mass is 16.6. The highest BCUT2D eigenvalue weighted by Gasteiger charge is 2.40. The Kier molecular flexibility index (Phi) is 5.28. The Labute approximate surface area is 132 Å². The summed E-state index contributed by atoms with van der Waals surface area (Å²) in [5.41, 5.74) is -0.719. The van der Waals surface area contributed by atoms with Gasteiger partial charge in [0.25, 0.3) is 0 Å². The van der Waals surface area contributed by atoms with Gasteiger partial charge in [-0.1, -0.05) is 0 Å². The van der Waals surface area contributed by atoms with Crippen molar-refractivity contribution in [2.24, 2.45) is 0 Å². The van der Waals surface area contributed by atoms with Crippen LogP contribution in [0.1, 0.15) is 54.9 Å². The van der Waals surface area contributed by atoms with Crippen molar-refractivity contribution in [1.29, 1.82) is 0 Å². The van der Waals surface area contributed by atoms with Crippen LogP contribution < -0.4 is 0 Å². The fourth-order valence-corrected chi connectivity index (χ4v) is 1.98. The van der Waals surface area contributed by atoms with Crippen LogP contribution in [0.3, 0.4) is 0 Å². The molecule has 0 aromatic rings. The summed E-state index contributed by atoms with van der Waals surface area (Å²) in [6.07, 6.45) is 0.357. The number of hydrogen-bond donors (Lipinski definition) is 1. The lowest BCUT2D eigenvalue weighted by atomic mass is 10.1. The SMILES string of the molecule is C[C@H](O)C1=CN(C(=O)OC(C)(C)C)[C@H](C(=O)OC(C)(C)C)C1. The van der Waals surface area contributed by atoms with Gasteiger partial charge in [-0.05, 0) is 54.0 Å². The average molecular weight is 313 g/mol. The van der Waals surface area contributed by atoms with Crippen LogP contribution in [-0.4, -0.2) is 45.4 Å². The molecule has 0 radical (unpaired) electrons. The van der Waals surface area contributed by atoms with Crippen molar-refractivity contribution in [2.45, 2.75) is 78.2 Å². The number of aliphatic hydroxyl groups is 1. The fraction of sp³-hybridized carbons (Fsp3) is 0.750. The highest BCUT2D eigenvalue weighted by molar-refractivity contribution is 5.84. The molecule has 0 spiro atoms. The van der Waals surface area contributed by atoms with Crippen molar-refractivity contribution >= 4 is 12.1 Å². The number of ether oxygens (including phenoxy) is 2. The summed E-state index contributed by atoms with van der Waals surface area (Å²) in [4.78, 5) is 25.8. The number of esters is 1. The fourth-order valence-electron chi connectivity index (χ4n) is 1.98. The van der Waals surface area contributed by atoms with Crippen LogP contribution in [0.2, 0.25) is 0 Å². The van der Waals surface area contributed by atoms with Crippen molar-refractivity contribution in [2.75, 3.05) is 0 Å². The standard InChI is InChI=1S/C16H27NO5/c1-10(18)11-8-12(13(19)21-15(2,3)4)17(9-11)14(20)22-16(5,6)7/h9-10,12,18H,8H2,1-7H3/t10-,12-/m0/s1. The predicted octanol–water partition coefficient (Wildman–Crippen LogP) is 2.60. The van der Waals surface area contributed by atoms with Crippen molar-refractivity contribution in [1.82, 2.24) is 4.90 Å². The molecule has 6 heteroatoms. The van der Waals surface area contributed by atoms with Crippen molar-refractivity contribution in [3.63, 3.8) is 0 Å². The molecule has 0 aliphatic carbocycles. The Bertz CT molecular complexity index is 468. The molecule has 0 aromatic heterocycles. The van der Waals surface area contributed by atoms with Crippen LogP contribution >= 0.6 is 0 Å². The predicted molar refractivity (Wildman–Crippen MR) is 82.1 cm³/mol. The Morgan fingerprint density at radius 3 is 2.09 bits per heavy atom. The maximum Gasteiger partial charge on any atom is 0.415 e. The van der Waals surface area contributed by atoms with E-state index in [9.17, 15) is 14.7 Å². The molecule has 1 rings (SSSR count). The summed E-state index contributed by atoms with van der Waals surface area (Å²) >= 11 is 0. The maximum atomic E-state index is 12.3. The molecule has 0 fully saturated rings. The third-order valence-corrected chi connectivity index (χ3v) is 2.89. The topological polar surface area (TPSA) is 76.1 Å². The molecule has 0 saturated heterocycles. The molecule has 1 amide bonds. The Morgan fingerprint density at radius 1 is 1.18 bits per heavy atom. The molecule has 0 saturated carbocycles. The second-order valence-electron chi connectivity index (χ2n) is 7.52. The van der Waals surface area contributed by atoms with Gasteiger partial charge in [-0.3, -0.25) is 4.90 Å². The normalized spacial score (nSPS) is 20.5. The van der Waals surface area contributed by atoms with Crippen molar-refractivity contribution in [3.8, 4) is 0 Å². The molecular weight excluding hydrogens is 286 g/mol. The summed E-state index contributed by atoms with van der Waals surface area (Å²) in [5.74, 6) is -0.509. The zero-order chi connectivity index (χ0) is 17.3. The number of hydrogen-bond acceptors (Lipinski definition) is 5. The quantitative estimate of drug-likeness (QED) is 0.793. The van der Waals surface area contributed by atoms with E-state index < -0.39 is 35.4 Å². The second kappa shape index (κ2) is 6.28. The van der Waals surface area contributed by atoms with E-state index in [0.717, 1.165) is 0 Å². The molecule has 1 heterocycles. The summed E-state index contributed by atoms with van der Waals surface area (Å²) < 4.78 is 10.7. The van der Waals surface area contributed by atoms with Gasteiger partial charge in [-0.2, -0.15) is 0 Å². The van der Waals surface area contributed by atoms with Crippen LogP contribution in [0.5, 0.6) is 0 Å². The van der Waals surface area contributed by atoms with Gasteiger partial charge in [0.05, 0.1) is 6.10 Å². The summed E-state index contributed by atoms with van der Waals surface area (Å²) in [6.45, 7) is 12.1. The van der Waals surface area contributed by atoms with Gasteiger partial charge in [0.1, 0.15) is 17.2 Å². The van der Waals surface area contributed by atoms with Gasteiger partial charge in [0, 0.05) is 12.6 Å². The Morgan fingerprint density at radius 2 is 1.68 bits per heavy atom. The third kappa shape index (κ3) is 5.33. The maximum absolute atomic E-state index is 12.3. The summed E-state index contributed by atoms with van der Waals surface area (Å²) in [5, 5.41) is 9.72. The second-order valence-corrected chi connectivity index (χ2v) is 7.52. The zero-order valence-corrected chi connectivity index (χ0v) is 14.5. The Balaban J connectivity index is 2.96. The molecular formula is C16H27NO5. The number of rotatable bonds is 2. The van der Waals surface area contributed by atoms with Crippen LogP contribution in [-0.2, 0) is 14.3 Å². The number of aliphatic hydroxyl groups excluding tert-OH is 1. The van der Waals surface area contributed by atoms with E-state index in [1.54, 1.807) is 48.5 Å². The van der Waals surface area contributed by atoms with Crippen LogP contribution in [0, 0.1) is 0 Å². The molecule has 6 nitrogen and oxygen atoms in total. The molecule has 1 N–H and O–H groups in total. The molecule has 0 unspecified atom stereocenters. The van der Waals surface area contributed by atoms with Gasteiger partial charge >= 0.3 is 12.1 Å².